The van der Waals surface area contributed by atoms with Gasteiger partial charge < -0.3 is 23.9 Å². The van der Waals surface area contributed by atoms with Crippen LogP contribution < -0.4 is 9.47 Å². The van der Waals surface area contributed by atoms with E-state index in [9.17, 15) is 9.18 Å². The van der Waals surface area contributed by atoms with Gasteiger partial charge in [0.1, 0.15) is 22.9 Å². The normalized spacial score (nSPS) is 11.7. The minimum absolute atomic E-state index is 0.111. The van der Waals surface area contributed by atoms with Crippen LogP contribution in [0.25, 0.3) is 21.8 Å². The minimum atomic E-state index is -0.845. The molecule has 2 heterocycles. The molecular weight excluding hydrogens is 415 g/mol. The maximum absolute atomic E-state index is 13.2. The average molecular weight is 438 g/mol. The molecule has 8 heteroatoms. The average Bonchev–Trinajstić information content (AvgIpc) is 3.08. The van der Waals surface area contributed by atoms with E-state index in [0.717, 1.165) is 21.8 Å². The summed E-state index contributed by atoms with van der Waals surface area (Å²) >= 11 is 0. The first-order valence-corrected chi connectivity index (χ1v) is 10.00. The Labute approximate surface area is 184 Å². The van der Waals surface area contributed by atoms with Crippen LogP contribution in [0, 0.1) is 5.82 Å². The van der Waals surface area contributed by atoms with Crippen molar-refractivity contribution in [1.82, 2.24) is 9.97 Å². The van der Waals surface area contributed by atoms with E-state index < -0.39 is 11.8 Å². The lowest BCUT2D eigenvalue weighted by Crippen LogP contribution is -2.26. The first kappa shape index (κ1) is 21.6. The fourth-order valence-electron chi connectivity index (χ4n) is 3.34. The molecule has 2 aromatic heterocycles. The fourth-order valence-corrected chi connectivity index (χ4v) is 3.34. The molecule has 0 saturated carbocycles. The summed E-state index contributed by atoms with van der Waals surface area (Å²) in [4.78, 5) is 19.8. The molecule has 0 spiro atoms. The van der Waals surface area contributed by atoms with Crippen molar-refractivity contribution in [2.24, 2.45) is 0 Å². The standard InChI is InChI=1S/C24H23FN2O5/c1-24(2,3)32-23(28)31-22-18(13-29-4)21-17-11-16(30-15-7-5-14(25)6-8-15)9-10-19(17)27-20(21)12-26-22/h5-12,27H,13H2,1-4H3. The molecule has 0 atom stereocenters. The molecule has 2 aromatic carbocycles. The molecule has 0 aliphatic carbocycles. The summed E-state index contributed by atoms with van der Waals surface area (Å²) in [6, 6.07) is 11.3. The van der Waals surface area contributed by atoms with Crippen LogP contribution in [0.3, 0.4) is 0 Å². The number of pyridine rings is 1. The number of rotatable bonds is 5. The van der Waals surface area contributed by atoms with E-state index >= 15 is 0 Å². The third-order valence-electron chi connectivity index (χ3n) is 4.58. The van der Waals surface area contributed by atoms with Crippen molar-refractivity contribution in [3.8, 4) is 17.4 Å². The van der Waals surface area contributed by atoms with Crippen LogP contribution in [0.2, 0.25) is 0 Å². The Morgan fingerprint density at radius 2 is 1.78 bits per heavy atom. The van der Waals surface area contributed by atoms with E-state index in [4.69, 9.17) is 18.9 Å². The Morgan fingerprint density at radius 1 is 1.06 bits per heavy atom. The number of hydrogen-bond donors (Lipinski definition) is 1. The van der Waals surface area contributed by atoms with Gasteiger partial charge in [-0.05, 0) is 63.2 Å². The Hall–Kier alpha value is -3.65. The van der Waals surface area contributed by atoms with E-state index in [1.807, 2.05) is 18.2 Å². The van der Waals surface area contributed by atoms with Gasteiger partial charge in [0.05, 0.1) is 23.9 Å². The quantitative estimate of drug-likeness (QED) is 0.379. The molecular formula is C24H23FN2O5. The lowest BCUT2D eigenvalue weighted by atomic mass is 10.1. The van der Waals surface area contributed by atoms with Crippen LogP contribution in [-0.2, 0) is 16.1 Å². The Kier molecular flexibility index (Phi) is 5.71. The monoisotopic (exact) mass is 438 g/mol. The SMILES string of the molecule is COCc1c(OC(=O)OC(C)(C)C)ncc2[nH]c3ccc(Oc4ccc(F)cc4)cc3c12. The molecule has 166 valence electrons. The summed E-state index contributed by atoms with van der Waals surface area (Å²) < 4.78 is 35.1. The third kappa shape index (κ3) is 4.65. The molecule has 0 bridgehead atoms. The van der Waals surface area contributed by atoms with E-state index in [-0.39, 0.29) is 18.3 Å². The van der Waals surface area contributed by atoms with Gasteiger partial charge in [0.15, 0.2) is 0 Å². The predicted molar refractivity (Wildman–Crippen MR) is 118 cm³/mol. The summed E-state index contributed by atoms with van der Waals surface area (Å²) in [5.74, 6) is 0.858. The smallest absolute Gasteiger partial charge is 0.457 e. The van der Waals surface area contributed by atoms with E-state index in [1.54, 1.807) is 46.2 Å². The number of carbonyl (C=O) groups is 1. The molecule has 32 heavy (non-hydrogen) atoms. The zero-order valence-electron chi connectivity index (χ0n) is 18.2. The summed E-state index contributed by atoms with van der Waals surface area (Å²) in [5.41, 5.74) is 1.50. The maximum Gasteiger partial charge on any atom is 0.515 e. The Bertz CT molecular complexity index is 1280. The largest absolute Gasteiger partial charge is 0.515 e. The number of aromatic amines is 1. The highest BCUT2D eigenvalue weighted by atomic mass is 19.1. The summed E-state index contributed by atoms with van der Waals surface area (Å²) in [5, 5.41) is 1.63. The van der Waals surface area contributed by atoms with Crippen LogP contribution in [-0.4, -0.2) is 28.8 Å². The summed E-state index contributed by atoms with van der Waals surface area (Å²) in [6.45, 7) is 5.42. The van der Waals surface area contributed by atoms with Crippen LogP contribution in [0.5, 0.6) is 17.4 Å². The molecule has 4 rings (SSSR count). The maximum atomic E-state index is 13.2. The van der Waals surface area contributed by atoms with Gasteiger partial charge in [-0.2, -0.15) is 0 Å². The zero-order chi connectivity index (χ0) is 22.9. The van der Waals surface area contributed by atoms with Gasteiger partial charge in [-0.25, -0.2) is 14.2 Å². The number of nitrogens with one attached hydrogen (secondary N) is 1. The zero-order valence-corrected chi connectivity index (χ0v) is 18.2. The number of hydrogen-bond acceptors (Lipinski definition) is 6. The van der Waals surface area contributed by atoms with Gasteiger partial charge in [-0.1, -0.05) is 0 Å². The van der Waals surface area contributed by atoms with Gasteiger partial charge in [0, 0.05) is 23.4 Å². The van der Waals surface area contributed by atoms with Crippen molar-refractivity contribution in [1.29, 1.82) is 0 Å². The summed E-state index contributed by atoms with van der Waals surface area (Å²) in [7, 11) is 1.55. The van der Waals surface area contributed by atoms with Crippen molar-refractivity contribution in [2.75, 3.05) is 7.11 Å². The van der Waals surface area contributed by atoms with E-state index in [1.165, 1.54) is 12.1 Å². The Morgan fingerprint density at radius 3 is 2.47 bits per heavy atom. The van der Waals surface area contributed by atoms with Gasteiger partial charge in [-0.15, -0.1) is 0 Å². The number of halogens is 1. The van der Waals surface area contributed by atoms with E-state index in [0.29, 0.717) is 17.1 Å². The van der Waals surface area contributed by atoms with Crippen molar-refractivity contribution < 1.29 is 28.1 Å². The highest BCUT2D eigenvalue weighted by Gasteiger charge is 2.22. The van der Waals surface area contributed by atoms with Crippen molar-refractivity contribution in [2.45, 2.75) is 33.0 Å². The molecule has 0 radical (unpaired) electrons. The summed E-state index contributed by atoms with van der Waals surface area (Å²) in [6.07, 6.45) is 0.746. The number of H-pyrrole nitrogens is 1. The predicted octanol–water partition coefficient (Wildman–Crippen LogP) is 6.11. The number of fused-ring (bicyclic) bond motifs is 3. The lowest BCUT2D eigenvalue weighted by molar-refractivity contribution is 0.0192. The highest BCUT2D eigenvalue weighted by Crippen LogP contribution is 2.36. The van der Waals surface area contributed by atoms with Crippen molar-refractivity contribution >= 4 is 28.0 Å². The molecule has 1 N–H and O–H groups in total. The molecule has 7 nitrogen and oxygen atoms in total. The number of benzene rings is 2. The van der Waals surface area contributed by atoms with Gasteiger partial charge >= 0.3 is 6.16 Å². The molecule has 0 amide bonds. The van der Waals surface area contributed by atoms with Crippen molar-refractivity contribution in [3.05, 3.63) is 60.0 Å². The van der Waals surface area contributed by atoms with Gasteiger partial charge in [0.25, 0.3) is 0 Å². The van der Waals surface area contributed by atoms with Crippen LogP contribution >= 0.6 is 0 Å². The third-order valence-corrected chi connectivity index (χ3v) is 4.58. The molecule has 0 fully saturated rings. The molecule has 0 unspecified atom stereocenters. The first-order valence-electron chi connectivity index (χ1n) is 10.00. The second-order valence-electron chi connectivity index (χ2n) is 8.22. The molecule has 0 aliphatic heterocycles. The van der Waals surface area contributed by atoms with Crippen LogP contribution in [0.15, 0.2) is 48.7 Å². The van der Waals surface area contributed by atoms with Crippen molar-refractivity contribution in [3.63, 3.8) is 0 Å². The number of methoxy groups -OCH3 is 1. The molecule has 0 saturated heterocycles. The number of carbonyl (C=O) groups excluding carboxylic acids is 1. The topological polar surface area (TPSA) is 82.7 Å². The minimum Gasteiger partial charge on any atom is -0.457 e. The first-order chi connectivity index (χ1) is 15.2. The fraction of sp³-hybridized carbons (Fsp3) is 0.250. The number of ether oxygens (including phenoxy) is 4. The van der Waals surface area contributed by atoms with Gasteiger partial charge in [0.2, 0.25) is 5.88 Å². The van der Waals surface area contributed by atoms with Crippen LogP contribution in [0.1, 0.15) is 26.3 Å². The second-order valence-corrected chi connectivity index (χ2v) is 8.22. The van der Waals surface area contributed by atoms with Crippen LogP contribution in [0.4, 0.5) is 9.18 Å². The number of nitrogens with zero attached hydrogens (tertiary/aromatic N) is 1. The highest BCUT2D eigenvalue weighted by molar-refractivity contribution is 6.09. The number of aromatic nitrogens is 2. The van der Waals surface area contributed by atoms with Gasteiger partial charge in [-0.3, -0.25) is 0 Å². The molecule has 0 aliphatic rings. The molecule has 4 aromatic rings. The Balaban J connectivity index is 1.76. The second kappa shape index (κ2) is 8.47. The van der Waals surface area contributed by atoms with E-state index in [2.05, 4.69) is 9.97 Å². The lowest BCUT2D eigenvalue weighted by Gasteiger charge is -2.19.